The van der Waals surface area contributed by atoms with Crippen LogP contribution in [-0.2, 0) is 49.2 Å². The molecule has 4 saturated heterocycles. The van der Waals surface area contributed by atoms with E-state index in [1.165, 1.54) is 46.1 Å². The van der Waals surface area contributed by atoms with E-state index >= 15 is 0 Å². The van der Waals surface area contributed by atoms with Crippen molar-refractivity contribution >= 4 is 39.5 Å². The van der Waals surface area contributed by atoms with Gasteiger partial charge in [0.05, 0.1) is 60.9 Å². The molecule has 12 unspecified atom stereocenters. The molecule has 0 radical (unpaired) electrons. The number of aromatic amines is 1. The third-order valence-corrected chi connectivity index (χ3v) is 15.0. The van der Waals surface area contributed by atoms with Crippen LogP contribution in [0.3, 0.4) is 0 Å². The first kappa shape index (κ1) is 48.6. The second kappa shape index (κ2) is 16.3. The lowest BCUT2D eigenvalue weighted by Gasteiger charge is -2.56. The Morgan fingerprint density at radius 1 is 1.04 bits per heavy atom. The number of ketones is 2. The van der Waals surface area contributed by atoms with Gasteiger partial charge in [-0.15, -0.1) is 0 Å². The van der Waals surface area contributed by atoms with Crippen molar-refractivity contribution in [2.75, 3.05) is 27.1 Å². The van der Waals surface area contributed by atoms with Gasteiger partial charge < -0.3 is 93.4 Å². The molecule has 10 rings (SSSR count). The third kappa shape index (κ3) is 6.44. The fraction of sp³-hybridized carbons (Fsp3) is 0.622. The number of phenolic OH excluding ortho intramolecular Hbond substituents is 1. The molecule has 10 N–H and O–H groups in total. The lowest BCUT2D eigenvalue weighted by molar-refractivity contribution is -0.427. The quantitative estimate of drug-likeness (QED) is 0.0836. The molecule has 25 nitrogen and oxygen atoms in total. The van der Waals surface area contributed by atoms with Crippen LogP contribution in [0.4, 0.5) is 5.95 Å². The number of anilines is 1. The van der Waals surface area contributed by atoms with Gasteiger partial charge in [-0.05, 0) is 46.2 Å². The Hall–Kier alpha value is -4.97. The van der Waals surface area contributed by atoms with E-state index in [1.807, 2.05) is 0 Å². The monoisotopic (exact) mass is 985 g/mol. The maximum absolute atomic E-state index is 14.2. The molecule has 6 aliphatic rings. The summed E-state index contributed by atoms with van der Waals surface area (Å²) < 4.78 is 64.7. The van der Waals surface area contributed by atoms with Gasteiger partial charge in [0.1, 0.15) is 35.6 Å². The van der Waals surface area contributed by atoms with Crippen LogP contribution in [0.5, 0.6) is 17.2 Å². The van der Waals surface area contributed by atoms with Crippen molar-refractivity contribution in [1.82, 2.24) is 19.5 Å². The zero-order chi connectivity index (χ0) is 50.5. The van der Waals surface area contributed by atoms with Gasteiger partial charge in [0.15, 0.2) is 47.0 Å². The first-order valence-electron chi connectivity index (χ1n) is 22.5. The van der Waals surface area contributed by atoms with E-state index in [1.54, 1.807) is 19.9 Å². The van der Waals surface area contributed by atoms with E-state index in [2.05, 4.69) is 15.0 Å². The maximum Gasteiger partial charge on any atom is 0.278 e. The van der Waals surface area contributed by atoms with Gasteiger partial charge in [-0.2, -0.15) is 4.98 Å². The van der Waals surface area contributed by atoms with Crippen LogP contribution >= 0.6 is 0 Å². The van der Waals surface area contributed by atoms with Crippen LogP contribution in [0, 0.1) is 6.92 Å². The number of nitrogens with one attached hydrogen (secondary N) is 1. The number of aliphatic hydroxyl groups excluding tert-OH is 3. The molecule has 25 heteroatoms. The summed E-state index contributed by atoms with van der Waals surface area (Å²) in [5.74, 6) is -8.12. The molecule has 4 aromatic rings. The fourth-order valence-electron chi connectivity index (χ4n) is 11.6. The highest BCUT2D eigenvalue weighted by Gasteiger charge is 2.88. The second-order valence-corrected chi connectivity index (χ2v) is 19.2. The molecule has 2 aromatic heterocycles. The first-order valence-corrected chi connectivity index (χ1v) is 22.5. The summed E-state index contributed by atoms with van der Waals surface area (Å²) >= 11 is 0. The summed E-state index contributed by atoms with van der Waals surface area (Å²) in [5.41, 5.74) is -1.85. The topological polar surface area (TPSA) is 358 Å². The number of benzene rings is 2. The summed E-state index contributed by atoms with van der Waals surface area (Å²) in [7, 11) is 3.80. The van der Waals surface area contributed by atoms with Gasteiger partial charge in [0.2, 0.25) is 17.8 Å². The summed E-state index contributed by atoms with van der Waals surface area (Å²) in [5, 5.41) is 82.2. The highest BCUT2D eigenvalue weighted by Crippen LogP contribution is 2.69. The van der Waals surface area contributed by atoms with E-state index in [4.69, 9.17) is 53.1 Å². The zero-order valence-electron chi connectivity index (χ0n) is 39.2. The average molecular weight is 986 g/mol. The van der Waals surface area contributed by atoms with Crippen LogP contribution < -0.4 is 20.8 Å². The number of carbonyl (C=O) groups excluding carboxylic acids is 2. The van der Waals surface area contributed by atoms with Crippen LogP contribution in [0.15, 0.2) is 17.2 Å². The van der Waals surface area contributed by atoms with Gasteiger partial charge in [0.25, 0.3) is 17.1 Å². The predicted molar refractivity (Wildman–Crippen MR) is 233 cm³/mol. The number of imidazole rings is 1. The van der Waals surface area contributed by atoms with Crippen molar-refractivity contribution in [2.24, 2.45) is 0 Å². The number of aryl methyl sites for hydroxylation is 1. The predicted octanol–water partition coefficient (Wildman–Crippen LogP) is -0.733. The molecular weight excluding hydrogens is 931 g/mol. The van der Waals surface area contributed by atoms with Gasteiger partial charge in [-0.25, -0.2) is 4.98 Å². The fourth-order valence-corrected chi connectivity index (χ4v) is 11.6. The number of carbonyl (C=O) groups is 2. The summed E-state index contributed by atoms with van der Waals surface area (Å²) in [6.07, 6.45) is -15.6. The molecule has 15 atom stereocenters. The Bertz CT molecular complexity index is 2870. The number of methoxy groups -OCH3 is 3. The van der Waals surface area contributed by atoms with Gasteiger partial charge in [0, 0.05) is 50.0 Å². The van der Waals surface area contributed by atoms with E-state index in [-0.39, 0.29) is 63.4 Å². The van der Waals surface area contributed by atoms with Crippen molar-refractivity contribution in [2.45, 2.75) is 157 Å². The minimum absolute atomic E-state index is 0.0112. The van der Waals surface area contributed by atoms with E-state index < -0.39 is 137 Å². The van der Waals surface area contributed by atoms with Gasteiger partial charge >= 0.3 is 0 Å². The first-order chi connectivity index (χ1) is 32.9. The number of rotatable bonds is 11. The number of aromatic hydroxyl groups is 1. The molecule has 7 heterocycles. The number of ether oxygens (including phenoxy) is 10. The van der Waals surface area contributed by atoms with Crippen LogP contribution in [0.1, 0.15) is 86.2 Å². The molecule has 4 fully saturated rings. The van der Waals surface area contributed by atoms with Crippen LogP contribution in [0.2, 0.25) is 0 Å². The molecule has 1 aliphatic carbocycles. The van der Waals surface area contributed by atoms with Crippen LogP contribution in [-0.4, -0.2) is 172 Å². The Kier molecular flexibility index (Phi) is 11.3. The number of aromatic nitrogens is 4. The number of nitrogen functional groups attached to an aromatic ring is 1. The number of nitrogens with zero attached hydrogens (tertiary/aromatic N) is 3. The summed E-state index contributed by atoms with van der Waals surface area (Å²) in [4.78, 5) is 51.3. The lowest BCUT2D eigenvalue weighted by Crippen LogP contribution is -2.78. The Morgan fingerprint density at radius 2 is 1.76 bits per heavy atom. The van der Waals surface area contributed by atoms with Gasteiger partial charge in [-0.3, -0.25) is 19.4 Å². The van der Waals surface area contributed by atoms with Gasteiger partial charge in [-0.1, -0.05) is 0 Å². The SMILES string of the molecule is COc1c2c(c(O)c3c4c(c(C)cc13)C1O[C@]3(C(OC)OC)OC1[C@](OC1CC(O)C(O)(C(C)=O)C(C)O1)(O4)[C@@]3(O)Cn1cnc3nc(N)[nH]c(=O)c31)C(=O)C(O)CC2OC1CC(C)(O)C(O)C(C)O1. The third-order valence-electron chi connectivity index (χ3n) is 15.0. The number of fused-ring (bicyclic) bond motifs is 7. The van der Waals surface area contributed by atoms with Crippen molar-refractivity contribution in [3.05, 3.63) is 45.0 Å². The lowest BCUT2D eigenvalue weighted by atomic mass is 9.74. The Balaban J connectivity index is 1.20. The molecule has 380 valence electrons. The molecular formula is C45H55N5O20. The molecule has 0 amide bonds. The highest BCUT2D eigenvalue weighted by molar-refractivity contribution is 6.13. The highest BCUT2D eigenvalue weighted by atomic mass is 16.9. The number of H-pyrrole nitrogens is 1. The molecule has 70 heavy (non-hydrogen) atoms. The molecule has 0 saturated carbocycles. The van der Waals surface area contributed by atoms with E-state index in [0.717, 1.165) is 6.92 Å². The summed E-state index contributed by atoms with van der Waals surface area (Å²) in [6.45, 7) is 6.30. The molecule has 2 bridgehead atoms. The standard InChI is InChI=1S/C45H55N5O20/c1-15-9-19-26(31(55)28-27(32(19)61-6)21(10-20(52)30(28)54)66-24-12-41(5,58)35(56)16(2)64-24)33-25(15)34-36-44(68-33,67-23-11-22(53)43(60,17(3)51)18(4)65-23)42(59,45(69-34,70-36)39(62-7)63-8)13-50-14-47-37-29(50)38(57)49-40(46)48-37/h9,14,16,18,20-24,34-36,39,52-53,55-56,58-60H,10-13H2,1-8H3,(H3,46,48,49,57)/t16?,18?,20?,21?,22?,23?,24?,34?,35?,36?,41?,42-,43?,44-,45+/m0/s1. The normalized spacial score (nSPS) is 38.8. The number of hydrogen-bond acceptors (Lipinski definition) is 23. The number of phenols is 1. The number of aliphatic hydroxyl groups is 6. The average Bonchev–Trinajstić information content (AvgIpc) is 3.94. The largest absolute Gasteiger partial charge is 0.506 e. The van der Waals surface area contributed by atoms with E-state index in [9.17, 15) is 50.1 Å². The van der Waals surface area contributed by atoms with Crippen molar-refractivity contribution < 1.29 is 92.7 Å². The number of hydrogen-bond donors (Lipinski definition) is 9. The Morgan fingerprint density at radius 3 is 2.40 bits per heavy atom. The minimum Gasteiger partial charge on any atom is -0.506 e. The minimum atomic E-state index is -2.82. The van der Waals surface area contributed by atoms with Crippen molar-refractivity contribution in [1.29, 1.82) is 0 Å². The number of Topliss-reactive ketones (excluding diaryl/α,β-unsaturated/α-hetero) is 2. The summed E-state index contributed by atoms with van der Waals surface area (Å²) in [6, 6.07) is 1.63. The molecule has 0 spiro atoms. The van der Waals surface area contributed by atoms with E-state index in [0.29, 0.717) is 5.56 Å². The number of nitrogens with two attached hydrogens (primary N) is 1. The Labute approximate surface area is 396 Å². The maximum atomic E-state index is 14.2. The molecule has 5 aliphatic heterocycles. The molecule has 2 aromatic carbocycles. The zero-order valence-corrected chi connectivity index (χ0v) is 39.2. The van der Waals surface area contributed by atoms with Crippen molar-refractivity contribution in [3.8, 4) is 17.2 Å². The second-order valence-electron chi connectivity index (χ2n) is 19.2. The van der Waals surface area contributed by atoms with Crippen LogP contribution in [0.25, 0.3) is 21.9 Å². The van der Waals surface area contributed by atoms with Crippen molar-refractivity contribution in [3.63, 3.8) is 0 Å². The smallest absolute Gasteiger partial charge is 0.278 e.